The van der Waals surface area contributed by atoms with Crippen molar-refractivity contribution in [1.29, 1.82) is 0 Å². The Bertz CT molecular complexity index is 727. The molecule has 8 nitrogen and oxygen atoms in total. The highest BCUT2D eigenvalue weighted by Gasteiger charge is 2.21. The minimum atomic E-state index is -1.16. The number of para-hydroxylation sites is 1. The quantitative estimate of drug-likeness (QED) is 0.691. The van der Waals surface area contributed by atoms with Crippen molar-refractivity contribution < 1.29 is 23.5 Å². The van der Waals surface area contributed by atoms with Crippen LogP contribution in [0.15, 0.2) is 47.1 Å². The molecule has 1 heterocycles. The summed E-state index contributed by atoms with van der Waals surface area (Å²) < 4.78 is 10.3. The van der Waals surface area contributed by atoms with Crippen LogP contribution in [0.1, 0.15) is 23.0 Å². The van der Waals surface area contributed by atoms with Crippen LogP contribution >= 0.6 is 0 Å². The van der Waals surface area contributed by atoms with Crippen molar-refractivity contribution in [3.8, 4) is 0 Å². The van der Waals surface area contributed by atoms with Gasteiger partial charge in [0.15, 0.2) is 6.10 Å². The van der Waals surface area contributed by atoms with E-state index in [1.54, 1.807) is 42.7 Å². The van der Waals surface area contributed by atoms with Gasteiger partial charge in [0, 0.05) is 5.69 Å². The molecule has 1 aromatic carbocycles. The second-order valence-corrected chi connectivity index (χ2v) is 4.88. The highest BCUT2D eigenvalue weighted by atomic mass is 16.5. The van der Waals surface area contributed by atoms with Gasteiger partial charge in [-0.05, 0) is 31.2 Å². The number of nitrogens with one attached hydrogen (secondary N) is 2. The van der Waals surface area contributed by atoms with Crippen LogP contribution in [0, 0.1) is 0 Å². The minimum absolute atomic E-state index is 0.253. The fraction of sp³-hybridized carbons (Fsp3) is 0.188. The number of ether oxygens (including phenoxy) is 1. The van der Waals surface area contributed by atoms with Gasteiger partial charge in [-0.25, -0.2) is 9.59 Å². The van der Waals surface area contributed by atoms with Crippen LogP contribution in [-0.2, 0) is 16.1 Å². The van der Waals surface area contributed by atoms with Gasteiger partial charge >= 0.3 is 12.0 Å². The third kappa shape index (κ3) is 4.60. The summed E-state index contributed by atoms with van der Waals surface area (Å²) in [5.74, 6) is -0.797. The van der Waals surface area contributed by atoms with Gasteiger partial charge in [0.2, 0.25) is 0 Å². The van der Waals surface area contributed by atoms with Crippen LogP contribution < -0.4 is 16.4 Å². The Morgan fingerprint density at radius 2 is 1.96 bits per heavy atom. The SMILES string of the molecule is C[C@H](OC(=O)c1ccccc1NCc1ccco1)C(=O)NC(N)=O. The number of hydrogen-bond acceptors (Lipinski definition) is 6. The number of imide groups is 1. The number of carbonyl (C=O) groups excluding carboxylic acids is 3. The van der Waals surface area contributed by atoms with E-state index in [0.717, 1.165) is 0 Å². The molecule has 8 heteroatoms. The lowest BCUT2D eigenvalue weighted by atomic mass is 10.1. The van der Waals surface area contributed by atoms with Crippen molar-refractivity contribution in [2.24, 2.45) is 5.73 Å². The Morgan fingerprint density at radius 1 is 1.21 bits per heavy atom. The maximum absolute atomic E-state index is 12.2. The van der Waals surface area contributed by atoms with Crippen molar-refractivity contribution in [1.82, 2.24) is 5.32 Å². The second-order valence-electron chi connectivity index (χ2n) is 4.88. The van der Waals surface area contributed by atoms with Gasteiger partial charge in [0.05, 0.1) is 18.4 Å². The predicted octanol–water partition coefficient (Wildman–Crippen LogP) is 1.63. The summed E-state index contributed by atoms with van der Waals surface area (Å²) in [7, 11) is 0. The molecule has 2 aromatic rings. The standard InChI is InChI=1S/C16H17N3O5/c1-10(14(20)19-16(17)22)24-15(21)12-6-2-3-7-13(12)18-9-11-5-4-8-23-11/h2-8,10,18H,9H2,1H3,(H3,17,19,20,22)/t10-/m0/s1. The van der Waals surface area contributed by atoms with E-state index in [1.165, 1.54) is 6.92 Å². The van der Waals surface area contributed by atoms with Crippen LogP contribution in [-0.4, -0.2) is 24.0 Å². The first-order chi connectivity index (χ1) is 11.5. The molecule has 0 saturated carbocycles. The third-order valence-electron chi connectivity index (χ3n) is 3.08. The second kappa shape index (κ2) is 7.82. The zero-order chi connectivity index (χ0) is 17.5. The average molecular weight is 331 g/mol. The van der Waals surface area contributed by atoms with Gasteiger partial charge < -0.3 is 20.2 Å². The predicted molar refractivity (Wildman–Crippen MR) is 85.1 cm³/mol. The molecule has 24 heavy (non-hydrogen) atoms. The summed E-state index contributed by atoms with van der Waals surface area (Å²) in [5, 5.41) is 4.91. The number of benzene rings is 1. The summed E-state index contributed by atoms with van der Waals surface area (Å²) in [5.41, 5.74) is 5.63. The number of amides is 3. The molecule has 0 bridgehead atoms. The van der Waals surface area contributed by atoms with Gasteiger partial charge in [-0.15, -0.1) is 0 Å². The summed E-state index contributed by atoms with van der Waals surface area (Å²) >= 11 is 0. The van der Waals surface area contributed by atoms with Crippen molar-refractivity contribution >= 4 is 23.6 Å². The zero-order valence-electron chi connectivity index (χ0n) is 12.9. The Kier molecular flexibility index (Phi) is 5.56. The molecule has 2 rings (SSSR count). The Labute approximate surface area is 138 Å². The third-order valence-corrected chi connectivity index (χ3v) is 3.08. The minimum Gasteiger partial charge on any atom is -0.467 e. The van der Waals surface area contributed by atoms with Crippen molar-refractivity contribution in [3.63, 3.8) is 0 Å². The molecule has 1 aromatic heterocycles. The van der Waals surface area contributed by atoms with E-state index in [2.05, 4.69) is 5.32 Å². The molecule has 0 aliphatic carbocycles. The Morgan fingerprint density at radius 3 is 2.62 bits per heavy atom. The number of rotatable bonds is 6. The number of anilines is 1. The van der Waals surface area contributed by atoms with Gasteiger partial charge in [-0.3, -0.25) is 10.1 Å². The summed E-state index contributed by atoms with van der Waals surface area (Å²) in [6.45, 7) is 1.73. The molecule has 126 valence electrons. The molecule has 1 atom stereocenters. The maximum Gasteiger partial charge on any atom is 0.341 e. The number of nitrogens with two attached hydrogens (primary N) is 1. The first-order valence-electron chi connectivity index (χ1n) is 7.14. The molecule has 0 spiro atoms. The van der Waals surface area contributed by atoms with Crippen molar-refractivity contribution in [3.05, 3.63) is 54.0 Å². The zero-order valence-corrected chi connectivity index (χ0v) is 12.9. The van der Waals surface area contributed by atoms with E-state index in [0.29, 0.717) is 18.0 Å². The van der Waals surface area contributed by atoms with E-state index >= 15 is 0 Å². The molecule has 0 radical (unpaired) electrons. The van der Waals surface area contributed by atoms with Crippen LogP contribution in [0.4, 0.5) is 10.5 Å². The Balaban J connectivity index is 2.03. The lowest BCUT2D eigenvalue weighted by Gasteiger charge is -2.14. The number of carbonyl (C=O) groups is 3. The number of furan rings is 1. The van der Waals surface area contributed by atoms with E-state index < -0.39 is 24.0 Å². The molecule has 0 aliphatic rings. The van der Waals surface area contributed by atoms with Crippen LogP contribution in [0.25, 0.3) is 0 Å². The number of primary amides is 1. The van der Waals surface area contributed by atoms with Crippen molar-refractivity contribution in [2.45, 2.75) is 19.6 Å². The van der Waals surface area contributed by atoms with Crippen molar-refractivity contribution in [2.75, 3.05) is 5.32 Å². The molecule has 0 fully saturated rings. The number of esters is 1. The number of urea groups is 1. The molecule has 3 amide bonds. The first kappa shape index (κ1) is 17.1. The normalized spacial score (nSPS) is 11.4. The monoisotopic (exact) mass is 331 g/mol. The fourth-order valence-corrected chi connectivity index (χ4v) is 1.91. The highest BCUT2D eigenvalue weighted by molar-refractivity contribution is 5.99. The lowest BCUT2D eigenvalue weighted by Crippen LogP contribution is -2.42. The average Bonchev–Trinajstić information content (AvgIpc) is 3.05. The molecule has 0 aliphatic heterocycles. The summed E-state index contributed by atoms with van der Waals surface area (Å²) in [4.78, 5) is 34.5. The Hall–Kier alpha value is -3.29. The van der Waals surface area contributed by atoms with Crippen LogP contribution in [0.5, 0.6) is 0 Å². The summed E-state index contributed by atoms with van der Waals surface area (Å²) in [6, 6.07) is 9.23. The van der Waals surface area contributed by atoms with E-state index in [1.807, 2.05) is 5.32 Å². The highest BCUT2D eigenvalue weighted by Crippen LogP contribution is 2.18. The van der Waals surface area contributed by atoms with Gasteiger partial charge in [-0.2, -0.15) is 0 Å². The molecule has 0 unspecified atom stereocenters. The molecule has 4 N–H and O–H groups in total. The maximum atomic E-state index is 12.2. The van der Waals surface area contributed by atoms with E-state index in [-0.39, 0.29) is 5.56 Å². The summed E-state index contributed by atoms with van der Waals surface area (Å²) in [6.07, 6.45) is 0.388. The van der Waals surface area contributed by atoms with Gasteiger partial charge in [-0.1, -0.05) is 12.1 Å². The lowest BCUT2D eigenvalue weighted by molar-refractivity contribution is -0.127. The van der Waals surface area contributed by atoms with E-state index in [4.69, 9.17) is 14.9 Å². The molecular formula is C16H17N3O5. The van der Waals surface area contributed by atoms with E-state index in [9.17, 15) is 14.4 Å². The topological polar surface area (TPSA) is 124 Å². The first-order valence-corrected chi connectivity index (χ1v) is 7.14. The largest absolute Gasteiger partial charge is 0.467 e. The smallest absolute Gasteiger partial charge is 0.341 e. The van der Waals surface area contributed by atoms with Crippen LogP contribution in [0.2, 0.25) is 0 Å². The van der Waals surface area contributed by atoms with Gasteiger partial charge in [0.1, 0.15) is 5.76 Å². The molecular weight excluding hydrogens is 314 g/mol. The van der Waals surface area contributed by atoms with Gasteiger partial charge in [0.25, 0.3) is 5.91 Å². The van der Waals surface area contributed by atoms with Crippen LogP contribution in [0.3, 0.4) is 0 Å². The molecule has 0 saturated heterocycles. The fourth-order valence-electron chi connectivity index (χ4n) is 1.91. The number of hydrogen-bond donors (Lipinski definition) is 3.